The molecule has 7 heteroatoms. The molecule has 0 spiro atoms. The molecule has 24 heavy (non-hydrogen) atoms. The largest absolute Gasteiger partial charge is 0.348 e. The first-order valence-electron chi connectivity index (χ1n) is 8.31. The summed E-state index contributed by atoms with van der Waals surface area (Å²) in [6.07, 6.45) is 4.36. The number of rotatable bonds is 6. The van der Waals surface area contributed by atoms with Gasteiger partial charge in [-0.05, 0) is 37.8 Å². The first kappa shape index (κ1) is 17.4. The highest BCUT2D eigenvalue weighted by Crippen LogP contribution is 2.24. The summed E-state index contributed by atoms with van der Waals surface area (Å²) in [6, 6.07) is 7.02. The molecule has 0 aliphatic carbocycles. The van der Waals surface area contributed by atoms with Gasteiger partial charge in [-0.15, -0.1) is 11.3 Å². The van der Waals surface area contributed by atoms with Gasteiger partial charge in [0.15, 0.2) is 5.13 Å². The van der Waals surface area contributed by atoms with E-state index in [4.69, 9.17) is 0 Å². The van der Waals surface area contributed by atoms with E-state index in [1.165, 1.54) is 19.3 Å². The number of benzene rings is 1. The summed E-state index contributed by atoms with van der Waals surface area (Å²) in [5.41, 5.74) is 1.71. The summed E-state index contributed by atoms with van der Waals surface area (Å²) in [5.74, 6) is 0. The van der Waals surface area contributed by atoms with Crippen LogP contribution in [-0.2, 0) is 16.4 Å². The molecule has 0 saturated carbocycles. The van der Waals surface area contributed by atoms with Gasteiger partial charge in [-0.2, -0.15) is 0 Å². The lowest BCUT2D eigenvalue weighted by Crippen LogP contribution is -2.29. The van der Waals surface area contributed by atoms with Crippen molar-refractivity contribution in [1.29, 1.82) is 0 Å². The Morgan fingerprint density at radius 3 is 2.71 bits per heavy atom. The number of sulfonamides is 1. The van der Waals surface area contributed by atoms with E-state index >= 15 is 0 Å². The number of hydrogen-bond acceptors (Lipinski definition) is 5. The Labute approximate surface area is 147 Å². The molecule has 2 heterocycles. The van der Waals surface area contributed by atoms with Gasteiger partial charge >= 0.3 is 0 Å². The molecule has 0 radical (unpaired) electrons. The van der Waals surface area contributed by atoms with E-state index in [1.807, 2.05) is 11.4 Å². The van der Waals surface area contributed by atoms with Gasteiger partial charge in [0.05, 0.1) is 10.6 Å². The summed E-state index contributed by atoms with van der Waals surface area (Å²) in [6.45, 7) is 4.32. The number of piperidine rings is 1. The highest BCUT2D eigenvalue weighted by Gasteiger charge is 2.17. The van der Waals surface area contributed by atoms with Crippen LogP contribution in [0.2, 0.25) is 0 Å². The van der Waals surface area contributed by atoms with Crippen molar-refractivity contribution in [1.82, 2.24) is 9.71 Å². The second kappa shape index (κ2) is 7.63. The van der Waals surface area contributed by atoms with Crippen molar-refractivity contribution >= 4 is 26.5 Å². The van der Waals surface area contributed by atoms with Crippen LogP contribution in [0.25, 0.3) is 0 Å². The Morgan fingerprint density at radius 2 is 1.96 bits per heavy atom. The van der Waals surface area contributed by atoms with Crippen LogP contribution in [0.15, 0.2) is 34.5 Å². The third-order valence-electron chi connectivity index (χ3n) is 4.22. The number of nitrogens with zero attached hydrogens (tertiary/aromatic N) is 2. The van der Waals surface area contributed by atoms with E-state index in [-0.39, 0.29) is 0 Å². The van der Waals surface area contributed by atoms with Crippen molar-refractivity contribution in [2.75, 3.05) is 24.5 Å². The maximum absolute atomic E-state index is 12.4. The van der Waals surface area contributed by atoms with Gasteiger partial charge in [0.1, 0.15) is 0 Å². The number of aromatic nitrogens is 1. The van der Waals surface area contributed by atoms with E-state index in [9.17, 15) is 8.42 Å². The fourth-order valence-electron chi connectivity index (χ4n) is 2.89. The SMILES string of the molecule is Cc1ccccc1S(=O)(=O)NCCc1csc(N2CCCCC2)n1. The zero-order valence-corrected chi connectivity index (χ0v) is 15.5. The first-order valence-corrected chi connectivity index (χ1v) is 10.7. The molecule has 2 aromatic rings. The van der Waals surface area contributed by atoms with E-state index in [0.717, 1.165) is 29.5 Å². The predicted octanol–water partition coefficient (Wildman–Crippen LogP) is 2.96. The minimum Gasteiger partial charge on any atom is -0.348 e. The molecular weight excluding hydrogens is 342 g/mol. The molecule has 1 fully saturated rings. The van der Waals surface area contributed by atoms with Gasteiger partial charge in [-0.1, -0.05) is 18.2 Å². The summed E-state index contributed by atoms with van der Waals surface area (Å²) in [7, 11) is -3.46. The smallest absolute Gasteiger partial charge is 0.240 e. The Hall–Kier alpha value is -1.44. The highest BCUT2D eigenvalue weighted by molar-refractivity contribution is 7.89. The topological polar surface area (TPSA) is 62.3 Å². The van der Waals surface area contributed by atoms with Gasteiger partial charge in [0.2, 0.25) is 10.0 Å². The molecule has 1 N–H and O–H groups in total. The molecule has 1 aromatic heterocycles. The molecule has 0 bridgehead atoms. The van der Waals surface area contributed by atoms with E-state index in [1.54, 1.807) is 36.5 Å². The Bertz CT molecular complexity index is 781. The van der Waals surface area contributed by atoms with Crippen molar-refractivity contribution in [2.45, 2.75) is 37.5 Å². The number of hydrogen-bond donors (Lipinski definition) is 1. The number of thiazole rings is 1. The zero-order chi connectivity index (χ0) is 17.0. The average molecular weight is 366 g/mol. The van der Waals surface area contributed by atoms with Crippen LogP contribution in [0.4, 0.5) is 5.13 Å². The van der Waals surface area contributed by atoms with Crippen molar-refractivity contribution < 1.29 is 8.42 Å². The third kappa shape index (κ3) is 4.15. The minimum absolute atomic E-state index is 0.345. The molecule has 0 atom stereocenters. The average Bonchev–Trinajstić information content (AvgIpc) is 3.05. The van der Waals surface area contributed by atoms with Crippen LogP contribution >= 0.6 is 11.3 Å². The molecular formula is C17H23N3O2S2. The fourth-order valence-corrected chi connectivity index (χ4v) is 5.08. The number of nitrogens with one attached hydrogen (secondary N) is 1. The van der Waals surface area contributed by atoms with Crippen LogP contribution in [-0.4, -0.2) is 33.0 Å². The molecule has 130 valence electrons. The molecule has 0 amide bonds. The molecule has 3 rings (SSSR count). The summed E-state index contributed by atoms with van der Waals surface area (Å²) in [5, 5.41) is 3.10. The van der Waals surface area contributed by atoms with Gasteiger partial charge in [0, 0.05) is 31.4 Å². The number of anilines is 1. The Kier molecular flexibility index (Phi) is 5.53. The second-order valence-electron chi connectivity index (χ2n) is 6.08. The maximum Gasteiger partial charge on any atom is 0.240 e. The number of aryl methyl sites for hydroxylation is 1. The summed E-state index contributed by atoms with van der Waals surface area (Å²) < 4.78 is 27.4. The molecule has 5 nitrogen and oxygen atoms in total. The van der Waals surface area contributed by atoms with Crippen LogP contribution < -0.4 is 9.62 Å². The summed E-state index contributed by atoms with van der Waals surface area (Å²) in [4.78, 5) is 7.33. The van der Waals surface area contributed by atoms with E-state index in [2.05, 4.69) is 14.6 Å². The predicted molar refractivity (Wildman–Crippen MR) is 98.2 cm³/mol. The normalized spacial score (nSPS) is 15.6. The van der Waals surface area contributed by atoms with Crippen molar-refractivity contribution in [3.63, 3.8) is 0 Å². The molecule has 0 unspecified atom stereocenters. The molecule has 1 aromatic carbocycles. The van der Waals surface area contributed by atoms with Crippen LogP contribution in [0.1, 0.15) is 30.5 Å². The van der Waals surface area contributed by atoms with E-state index in [0.29, 0.717) is 17.9 Å². The van der Waals surface area contributed by atoms with Gasteiger partial charge in [-0.3, -0.25) is 0 Å². The van der Waals surface area contributed by atoms with Crippen LogP contribution in [0, 0.1) is 6.92 Å². The van der Waals surface area contributed by atoms with E-state index < -0.39 is 10.0 Å². The summed E-state index contributed by atoms with van der Waals surface area (Å²) >= 11 is 1.65. The fraction of sp³-hybridized carbons (Fsp3) is 0.471. The van der Waals surface area contributed by atoms with Crippen molar-refractivity contribution in [3.8, 4) is 0 Å². The minimum atomic E-state index is -3.46. The molecule has 1 aliphatic rings. The van der Waals surface area contributed by atoms with Crippen molar-refractivity contribution in [2.24, 2.45) is 0 Å². The molecule has 1 saturated heterocycles. The van der Waals surface area contributed by atoms with Crippen LogP contribution in [0.5, 0.6) is 0 Å². The maximum atomic E-state index is 12.4. The highest BCUT2D eigenvalue weighted by atomic mass is 32.2. The van der Waals surface area contributed by atoms with Gasteiger partial charge in [0.25, 0.3) is 0 Å². The lowest BCUT2D eigenvalue weighted by molar-refractivity contribution is 0.575. The standard InChI is InChI=1S/C17H23N3O2S2/c1-14-7-3-4-8-16(14)24(21,22)18-10-9-15-13-23-17(19-15)20-11-5-2-6-12-20/h3-4,7-8,13,18H,2,5-6,9-12H2,1H3. The van der Waals surface area contributed by atoms with Crippen LogP contribution in [0.3, 0.4) is 0 Å². The first-order chi connectivity index (χ1) is 11.6. The van der Waals surface area contributed by atoms with Crippen molar-refractivity contribution in [3.05, 3.63) is 40.9 Å². The zero-order valence-electron chi connectivity index (χ0n) is 13.9. The monoisotopic (exact) mass is 365 g/mol. The lowest BCUT2D eigenvalue weighted by Gasteiger charge is -2.25. The Morgan fingerprint density at radius 1 is 1.21 bits per heavy atom. The Balaban J connectivity index is 1.57. The van der Waals surface area contributed by atoms with Gasteiger partial charge < -0.3 is 4.90 Å². The third-order valence-corrected chi connectivity index (χ3v) is 6.79. The lowest BCUT2D eigenvalue weighted by atomic mass is 10.1. The quantitative estimate of drug-likeness (QED) is 0.855. The van der Waals surface area contributed by atoms with Gasteiger partial charge in [-0.25, -0.2) is 18.1 Å². The second-order valence-corrected chi connectivity index (χ2v) is 8.65. The molecule has 1 aliphatic heterocycles.